The van der Waals surface area contributed by atoms with Crippen molar-refractivity contribution in [3.63, 3.8) is 0 Å². The number of nitro groups is 1. The van der Waals surface area contributed by atoms with Crippen LogP contribution in [0.5, 0.6) is 0 Å². The van der Waals surface area contributed by atoms with Gasteiger partial charge in [0.15, 0.2) is 10.4 Å². The highest BCUT2D eigenvalue weighted by atomic mass is 79.9. The second-order valence-corrected chi connectivity index (χ2v) is 6.44. The van der Waals surface area contributed by atoms with E-state index in [4.69, 9.17) is 9.15 Å². The van der Waals surface area contributed by atoms with E-state index in [1.807, 2.05) is 0 Å². The topological polar surface area (TPSA) is 94.9 Å². The predicted molar refractivity (Wildman–Crippen MR) is 92.5 cm³/mol. The number of cyclic esters (lactones) is 1. The molecule has 1 aliphatic heterocycles. The van der Waals surface area contributed by atoms with Gasteiger partial charge in [-0.1, -0.05) is 6.07 Å². The minimum atomic E-state index is -0.656. The van der Waals surface area contributed by atoms with Crippen LogP contribution >= 0.6 is 31.9 Å². The van der Waals surface area contributed by atoms with Crippen LogP contribution in [0.4, 0.5) is 5.69 Å². The smallest absolute Gasteiger partial charge is 0.363 e. The van der Waals surface area contributed by atoms with Gasteiger partial charge in [0.1, 0.15) is 5.76 Å². The first kappa shape index (κ1) is 16.6. The largest absolute Gasteiger partial charge is 0.449 e. The number of nitro benzene ring substituents is 1. The summed E-state index contributed by atoms with van der Waals surface area (Å²) in [6.07, 6.45) is 1.42. The molecule has 122 valence electrons. The van der Waals surface area contributed by atoms with Crippen molar-refractivity contribution in [2.24, 2.45) is 4.99 Å². The van der Waals surface area contributed by atoms with E-state index in [0.717, 1.165) is 0 Å². The molecule has 0 saturated carbocycles. The minimum Gasteiger partial charge on any atom is -0.449 e. The summed E-state index contributed by atoms with van der Waals surface area (Å²) < 4.78 is 11.6. The van der Waals surface area contributed by atoms with Crippen LogP contribution in [-0.2, 0) is 9.53 Å². The average molecular weight is 456 g/mol. The van der Waals surface area contributed by atoms with Crippen LogP contribution in [0.15, 0.2) is 48.5 Å². The molecule has 1 aromatic carbocycles. The fraction of sp³-hybridized carbons (Fsp3) is 0.0667. The van der Waals surface area contributed by atoms with Crippen molar-refractivity contribution in [1.82, 2.24) is 0 Å². The molecule has 3 rings (SSSR count). The normalized spacial score (nSPS) is 15.5. The lowest BCUT2D eigenvalue weighted by molar-refractivity contribution is -0.385. The molecule has 0 fully saturated rings. The molecule has 0 aliphatic carbocycles. The van der Waals surface area contributed by atoms with Crippen LogP contribution in [0.1, 0.15) is 16.9 Å². The van der Waals surface area contributed by atoms with Gasteiger partial charge in [-0.3, -0.25) is 10.1 Å². The highest BCUT2D eigenvalue weighted by molar-refractivity contribution is 9.13. The standard InChI is InChI=1S/C15H8Br2N2O5/c1-7-2-3-8(4-12(7)19(21)22)14-18-11(15(20)24-14)6-9-5-10(16)13(17)23-9/h2-6H,1H3/b11-6-. The Kier molecular flexibility index (Phi) is 4.37. The number of carbonyl (C=O) groups excluding carboxylic acids is 1. The molecule has 2 aromatic rings. The Morgan fingerprint density at radius 3 is 2.67 bits per heavy atom. The lowest BCUT2D eigenvalue weighted by Gasteiger charge is -2.01. The Morgan fingerprint density at radius 2 is 2.04 bits per heavy atom. The summed E-state index contributed by atoms with van der Waals surface area (Å²) in [6.45, 7) is 1.63. The van der Waals surface area contributed by atoms with Crippen LogP contribution in [0.2, 0.25) is 0 Å². The molecule has 0 amide bonds. The zero-order chi connectivity index (χ0) is 17.4. The molecule has 1 aromatic heterocycles. The summed E-state index contributed by atoms with van der Waals surface area (Å²) in [7, 11) is 0. The lowest BCUT2D eigenvalue weighted by Crippen LogP contribution is -2.06. The third kappa shape index (κ3) is 3.17. The number of nitrogens with zero attached hydrogens (tertiary/aromatic N) is 2. The second kappa shape index (κ2) is 6.33. The second-order valence-electron chi connectivity index (χ2n) is 4.86. The zero-order valence-electron chi connectivity index (χ0n) is 12.1. The SMILES string of the molecule is Cc1ccc(C2=N/C(=C\c3cc(Br)c(Br)o3)C(=O)O2)cc1[N+](=O)[O-]. The highest BCUT2D eigenvalue weighted by Gasteiger charge is 2.26. The zero-order valence-corrected chi connectivity index (χ0v) is 15.3. The average Bonchev–Trinajstić information content (AvgIpc) is 3.03. The number of ether oxygens (including phenoxy) is 1. The van der Waals surface area contributed by atoms with Gasteiger partial charge in [-0.2, -0.15) is 0 Å². The van der Waals surface area contributed by atoms with Gasteiger partial charge in [0.25, 0.3) is 5.69 Å². The first-order valence-electron chi connectivity index (χ1n) is 6.58. The number of esters is 1. The van der Waals surface area contributed by atoms with Crippen LogP contribution in [0, 0.1) is 17.0 Å². The number of hydrogen-bond donors (Lipinski definition) is 0. The molecular weight excluding hydrogens is 448 g/mol. The van der Waals surface area contributed by atoms with Crippen molar-refractivity contribution in [3.8, 4) is 0 Å². The number of rotatable bonds is 3. The third-order valence-corrected chi connectivity index (χ3v) is 4.93. The van der Waals surface area contributed by atoms with Crippen molar-refractivity contribution in [3.05, 3.63) is 66.1 Å². The number of furan rings is 1. The summed E-state index contributed by atoms with van der Waals surface area (Å²) in [5.41, 5.74) is 0.838. The number of benzene rings is 1. The van der Waals surface area contributed by atoms with Crippen LogP contribution in [0.3, 0.4) is 0 Å². The van der Waals surface area contributed by atoms with E-state index in [1.165, 1.54) is 12.1 Å². The fourth-order valence-electron chi connectivity index (χ4n) is 2.04. The summed E-state index contributed by atoms with van der Waals surface area (Å²) in [5, 5.41) is 11.0. The van der Waals surface area contributed by atoms with Gasteiger partial charge in [0.2, 0.25) is 5.90 Å². The van der Waals surface area contributed by atoms with E-state index in [-0.39, 0.29) is 17.3 Å². The Bertz CT molecular complexity index is 910. The monoisotopic (exact) mass is 454 g/mol. The first-order chi connectivity index (χ1) is 11.3. The summed E-state index contributed by atoms with van der Waals surface area (Å²) in [6, 6.07) is 6.17. The molecule has 0 unspecified atom stereocenters. The van der Waals surface area contributed by atoms with Crippen molar-refractivity contribution < 1.29 is 18.9 Å². The maximum Gasteiger partial charge on any atom is 0.363 e. The van der Waals surface area contributed by atoms with E-state index in [9.17, 15) is 14.9 Å². The molecule has 0 bridgehead atoms. The van der Waals surface area contributed by atoms with Crippen LogP contribution in [-0.4, -0.2) is 16.8 Å². The Hall–Kier alpha value is -2.26. The molecule has 0 spiro atoms. The van der Waals surface area contributed by atoms with E-state index in [0.29, 0.717) is 26.0 Å². The van der Waals surface area contributed by atoms with Crippen molar-refractivity contribution in [2.75, 3.05) is 0 Å². The molecule has 24 heavy (non-hydrogen) atoms. The maximum absolute atomic E-state index is 11.9. The van der Waals surface area contributed by atoms with Crippen molar-refractivity contribution in [1.29, 1.82) is 0 Å². The molecule has 7 nitrogen and oxygen atoms in total. The van der Waals surface area contributed by atoms with E-state index < -0.39 is 10.9 Å². The molecule has 0 radical (unpaired) electrons. The molecular formula is C15H8Br2N2O5. The minimum absolute atomic E-state index is 0.0130. The molecule has 2 heterocycles. The molecule has 9 heteroatoms. The molecule has 0 N–H and O–H groups in total. The van der Waals surface area contributed by atoms with E-state index in [2.05, 4.69) is 36.9 Å². The molecule has 0 saturated heterocycles. The van der Waals surface area contributed by atoms with E-state index in [1.54, 1.807) is 25.1 Å². The van der Waals surface area contributed by atoms with Gasteiger partial charge in [-0.05, 0) is 50.9 Å². The van der Waals surface area contributed by atoms with E-state index >= 15 is 0 Å². The summed E-state index contributed by atoms with van der Waals surface area (Å²) in [5.74, 6) is -0.239. The highest BCUT2D eigenvalue weighted by Crippen LogP contribution is 2.29. The number of aryl methyl sites for hydroxylation is 1. The quantitative estimate of drug-likeness (QED) is 0.296. The lowest BCUT2D eigenvalue weighted by atomic mass is 10.1. The first-order valence-corrected chi connectivity index (χ1v) is 8.16. The molecule has 1 aliphatic rings. The molecule has 0 atom stereocenters. The van der Waals surface area contributed by atoms with Gasteiger partial charge in [-0.15, -0.1) is 0 Å². The number of carbonyl (C=O) groups is 1. The number of hydrogen-bond acceptors (Lipinski definition) is 6. The van der Waals surface area contributed by atoms with Crippen LogP contribution < -0.4 is 0 Å². The predicted octanol–water partition coefficient (Wildman–Crippen LogP) is 4.37. The number of aliphatic imine (C=N–C) groups is 1. The third-order valence-electron chi connectivity index (χ3n) is 3.22. The Labute approximate surface area is 152 Å². The number of halogens is 2. The van der Waals surface area contributed by atoms with Crippen LogP contribution in [0.25, 0.3) is 6.08 Å². The van der Waals surface area contributed by atoms with Gasteiger partial charge in [0.05, 0.1) is 9.40 Å². The van der Waals surface area contributed by atoms with Gasteiger partial charge >= 0.3 is 5.97 Å². The Balaban J connectivity index is 1.97. The maximum atomic E-state index is 11.9. The van der Waals surface area contributed by atoms with Crippen molar-refractivity contribution >= 4 is 55.5 Å². The Morgan fingerprint density at radius 1 is 1.29 bits per heavy atom. The van der Waals surface area contributed by atoms with Gasteiger partial charge in [-0.25, -0.2) is 9.79 Å². The fourth-order valence-corrected chi connectivity index (χ4v) is 2.65. The van der Waals surface area contributed by atoms with Gasteiger partial charge < -0.3 is 9.15 Å². The summed E-state index contributed by atoms with van der Waals surface area (Å²) >= 11 is 6.47. The van der Waals surface area contributed by atoms with Crippen molar-refractivity contribution in [2.45, 2.75) is 6.92 Å². The van der Waals surface area contributed by atoms with Gasteiger partial charge in [0, 0.05) is 23.3 Å². The summed E-state index contributed by atoms with van der Waals surface area (Å²) in [4.78, 5) is 26.6.